The van der Waals surface area contributed by atoms with E-state index in [4.69, 9.17) is 9.84 Å². The van der Waals surface area contributed by atoms with Gasteiger partial charge in [0.1, 0.15) is 0 Å². The van der Waals surface area contributed by atoms with Crippen molar-refractivity contribution in [1.82, 2.24) is 0 Å². The van der Waals surface area contributed by atoms with Crippen LogP contribution in [0.4, 0.5) is 0 Å². The second-order valence-electron chi connectivity index (χ2n) is 3.17. The van der Waals surface area contributed by atoms with Gasteiger partial charge in [-0.25, -0.2) is 4.79 Å². The Labute approximate surface area is 84.3 Å². The molecule has 4 nitrogen and oxygen atoms in total. The largest absolute Gasteiger partial charge is 0.479 e. The van der Waals surface area contributed by atoms with E-state index < -0.39 is 18.0 Å². The highest BCUT2D eigenvalue weighted by atomic mass is 16.6. The second kappa shape index (κ2) is 7.35. The van der Waals surface area contributed by atoms with Gasteiger partial charge in [-0.1, -0.05) is 26.7 Å². The van der Waals surface area contributed by atoms with Gasteiger partial charge in [-0.05, 0) is 12.8 Å². The van der Waals surface area contributed by atoms with E-state index in [9.17, 15) is 9.59 Å². The van der Waals surface area contributed by atoms with Crippen LogP contribution in [0.5, 0.6) is 0 Å². The van der Waals surface area contributed by atoms with E-state index in [1.165, 1.54) is 0 Å². The highest BCUT2D eigenvalue weighted by molar-refractivity contribution is 5.77. The fourth-order valence-corrected chi connectivity index (χ4v) is 1.05. The van der Waals surface area contributed by atoms with E-state index in [2.05, 4.69) is 0 Å². The minimum atomic E-state index is -1.05. The summed E-state index contributed by atoms with van der Waals surface area (Å²) >= 11 is 0. The first-order valence-electron chi connectivity index (χ1n) is 5.04. The van der Waals surface area contributed by atoms with Crippen LogP contribution in [0.15, 0.2) is 0 Å². The monoisotopic (exact) mass is 202 g/mol. The van der Waals surface area contributed by atoms with Crippen molar-refractivity contribution in [2.45, 2.75) is 52.1 Å². The lowest BCUT2D eigenvalue weighted by Crippen LogP contribution is -2.26. The van der Waals surface area contributed by atoms with Crippen molar-refractivity contribution in [3.05, 3.63) is 0 Å². The summed E-state index contributed by atoms with van der Waals surface area (Å²) in [5, 5.41) is 8.74. The van der Waals surface area contributed by atoms with Crippen LogP contribution in [-0.2, 0) is 14.3 Å². The number of hydrogen-bond acceptors (Lipinski definition) is 3. The molecule has 0 aliphatic carbocycles. The number of carboxylic acid groups (broad SMARTS) is 1. The summed E-state index contributed by atoms with van der Waals surface area (Å²) in [6.07, 6.45) is 2.44. The molecule has 0 spiro atoms. The maximum Gasteiger partial charge on any atom is 0.345 e. The number of carbonyl (C=O) groups excluding carboxylic acids is 1. The Kier molecular flexibility index (Phi) is 6.80. The SMILES string of the molecule is CCCCCC(OC(=O)CC)C(=O)O. The van der Waals surface area contributed by atoms with Gasteiger partial charge in [0.2, 0.25) is 0 Å². The molecule has 1 unspecified atom stereocenters. The minimum Gasteiger partial charge on any atom is -0.479 e. The first-order valence-corrected chi connectivity index (χ1v) is 5.04. The van der Waals surface area contributed by atoms with Crippen LogP contribution in [0.2, 0.25) is 0 Å². The average Bonchev–Trinajstić information content (AvgIpc) is 2.16. The van der Waals surface area contributed by atoms with Crippen LogP contribution in [0.1, 0.15) is 46.0 Å². The van der Waals surface area contributed by atoms with E-state index in [0.717, 1.165) is 19.3 Å². The normalized spacial score (nSPS) is 12.1. The Bertz CT molecular complexity index is 189. The molecule has 0 heterocycles. The van der Waals surface area contributed by atoms with Gasteiger partial charge in [0.25, 0.3) is 0 Å². The molecule has 1 atom stereocenters. The molecule has 0 saturated carbocycles. The van der Waals surface area contributed by atoms with E-state index in [1.54, 1.807) is 6.92 Å². The van der Waals surface area contributed by atoms with E-state index in [1.807, 2.05) is 6.92 Å². The van der Waals surface area contributed by atoms with Crippen LogP contribution in [-0.4, -0.2) is 23.1 Å². The summed E-state index contributed by atoms with van der Waals surface area (Å²) in [4.78, 5) is 21.5. The van der Waals surface area contributed by atoms with Gasteiger partial charge in [0, 0.05) is 6.42 Å². The van der Waals surface area contributed by atoms with E-state index >= 15 is 0 Å². The quantitative estimate of drug-likeness (QED) is 0.506. The van der Waals surface area contributed by atoms with Gasteiger partial charge in [0.05, 0.1) is 0 Å². The molecule has 14 heavy (non-hydrogen) atoms. The molecular formula is C10H18O4. The van der Waals surface area contributed by atoms with Gasteiger partial charge in [0.15, 0.2) is 6.10 Å². The average molecular weight is 202 g/mol. The molecule has 0 rings (SSSR count). The van der Waals surface area contributed by atoms with Crippen molar-refractivity contribution in [3.8, 4) is 0 Å². The zero-order chi connectivity index (χ0) is 11.0. The summed E-state index contributed by atoms with van der Waals surface area (Å²) < 4.78 is 4.77. The first kappa shape index (κ1) is 12.9. The molecule has 0 bridgehead atoms. The molecular weight excluding hydrogens is 184 g/mol. The highest BCUT2D eigenvalue weighted by Crippen LogP contribution is 2.08. The number of carboxylic acids is 1. The smallest absolute Gasteiger partial charge is 0.345 e. The highest BCUT2D eigenvalue weighted by Gasteiger charge is 2.20. The molecule has 0 saturated heterocycles. The third kappa shape index (κ3) is 5.56. The Hall–Kier alpha value is -1.06. The molecule has 0 aliphatic rings. The van der Waals surface area contributed by atoms with Gasteiger partial charge >= 0.3 is 11.9 Å². The molecule has 0 aromatic heterocycles. The summed E-state index contributed by atoms with van der Waals surface area (Å²) in [6.45, 7) is 3.68. The van der Waals surface area contributed by atoms with Crippen LogP contribution in [0.25, 0.3) is 0 Å². The van der Waals surface area contributed by atoms with Crippen LogP contribution < -0.4 is 0 Å². The number of aliphatic carboxylic acids is 1. The number of unbranched alkanes of at least 4 members (excludes halogenated alkanes) is 2. The summed E-state index contributed by atoms with van der Waals surface area (Å²) in [5.41, 5.74) is 0. The Balaban J connectivity index is 3.90. The Morgan fingerprint density at radius 1 is 1.29 bits per heavy atom. The fraction of sp³-hybridized carbons (Fsp3) is 0.800. The third-order valence-corrected chi connectivity index (χ3v) is 1.91. The third-order valence-electron chi connectivity index (χ3n) is 1.91. The fourth-order valence-electron chi connectivity index (χ4n) is 1.05. The number of ether oxygens (including phenoxy) is 1. The standard InChI is InChI=1S/C10H18O4/c1-3-5-6-7-8(10(12)13)14-9(11)4-2/h8H,3-7H2,1-2H3,(H,12,13). The molecule has 0 aromatic carbocycles. The summed E-state index contributed by atoms with van der Waals surface area (Å²) in [5.74, 6) is -1.50. The molecule has 82 valence electrons. The molecule has 0 radical (unpaired) electrons. The first-order chi connectivity index (χ1) is 6.61. The second-order valence-corrected chi connectivity index (χ2v) is 3.17. The zero-order valence-corrected chi connectivity index (χ0v) is 8.78. The molecule has 0 aliphatic heterocycles. The lowest BCUT2D eigenvalue weighted by Gasteiger charge is -2.12. The van der Waals surface area contributed by atoms with E-state index in [-0.39, 0.29) is 6.42 Å². The Morgan fingerprint density at radius 2 is 1.93 bits per heavy atom. The van der Waals surface area contributed by atoms with Gasteiger partial charge in [-0.15, -0.1) is 0 Å². The van der Waals surface area contributed by atoms with Crippen LogP contribution in [0.3, 0.4) is 0 Å². The lowest BCUT2D eigenvalue weighted by atomic mass is 10.1. The van der Waals surface area contributed by atoms with Crippen molar-refractivity contribution < 1.29 is 19.4 Å². The van der Waals surface area contributed by atoms with Gasteiger partial charge in [-0.3, -0.25) is 4.79 Å². The lowest BCUT2D eigenvalue weighted by molar-refractivity contribution is -0.164. The molecule has 0 fully saturated rings. The maximum absolute atomic E-state index is 10.9. The topological polar surface area (TPSA) is 63.6 Å². The molecule has 1 N–H and O–H groups in total. The minimum absolute atomic E-state index is 0.220. The zero-order valence-electron chi connectivity index (χ0n) is 8.78. The number of esters is 1. The van der Waals surface area contributed by atoms with Crippen molar-refractivity contribution in [1.29, 1.82) is 0 Å². The summed E-state index contributed by atoms with van der Waals surface area (Å²) in [7, 11) is 0. The van der Waals surface area contributed by atoms with Crippen molar-refractivity contribution >= 4 is 11.9 Å². The maximum atomic E-state index is 10.9. The number of carbonyl (C=O) groups is 2. The molecule has 0 aromatic rings. The predicted octanol–water partition coefficient (Wildman–Crippen LogP) is 1.97. The predicted molar refractivity (Wildman–Crippen MR) is 51.9 cm³/mol. The van der Waals surface area contributed by atoms with E-state index in [0.29, 0.717) is 6.42 Å². The molecule has 4 heteroatoms. The van der Waals surface area contributed by atoms with Crippen LogP contribution in [0, 0.1) is 0 Å². The van der Waals surface area contributed by atoms with Gasteiger partial charge in [-0.2, -0.15) is 0 Å². The van der Waals surface area contributed by atoms with Crippen LogP contribution >= 0.6 is 0 Å². The number of rotatable bonds is 7. The van der Waals surface area contributed by atoms with Crippen molar-refractivity contribution in [2.75, 3.05) is 0 Å². The number of hydrogen-bond donors (Lipinski definition) is 1. The summed E-state index contributed by atoms with van der Waals surface area (Å²) in [6, 6.07) is 0. The van der Waals surface area contributed by atoms with Crippen molar-refractivity contribution in [2.24, 2.45) is 0 Å². The van der Waals surface area contributed by atoms with Gasteiger partial charge < -0.3 is 9.84 Å². The Morgan fingerprint density at radius 3 is 2.36 bits per heavy atom. The van der Waals surface area contributed by atoms with Crippen molar-refractivity contribution in [3.63, 3.8) is 0 Å². The molecule has 0 amide bonds.